The maximum Gasteiger partial charge on any atom is 0.231 e. The number of nitrogens with zero attached hydrogens (tertiary/aromatic N) is 4. The number of hydrogen-bond donors (Lipinski definition) is 2. The van der Waals surface area contributed by atoms with E-state index in [-0.39, 0.29) is 0 Å². The summed E-state index contributed by atoms with van der Waals surface area (Å²) in [4.78, 5) is 9.40. The van der Waals surface area contributed by atoms with Crippen LogP contribution < -0.4 is 10.6 Å². The van der Waals surface area contributed by atoms with Gasteiger partial charge in [-0.15, -0.1) is 0 Å². The van der Waals surface area contributed by atoms with Gasteiger partial charge in [0.05, 0.1) is 11.6 Å². The molecule has 0 unspecified atom stereocenters. The Morgan fingerprint density at radius 2 is 1.96 bits per heavy atom. The molecule has 2 N–H and O–H groups in total. The predicted molar refractivity (Wildman–Crippen MR) is 106 cm³/mol. The molecule has 4 rings (SSSR count). The molecular formula is C19H23ClN6. The molecule has 2 heterocycles. The highest BCUT2D eigenvalue weighted by molar-refractivity contribution is 6.30. The number of benzene rings is 1. The van der Waals surface area contributed by atoms with Gasteiger partial charge >= 0.3 is 0 Å². The van der Waals surface area contributed by atoms with E-state index in [9.17, 15) is 0 Å². The third-order valence-electron chi connectivity index (χ3n) is 4.97. The number of hydrogen-bond acceptors (Lipinski definition) is 5. The highest BCUT2D eigenvalue weighted by Crippen LogP contribution is 2.28. The van der Waals surface area contributed by atoms with Gasteiger partial charge in [-0.25, -0.2) is 0 Å². The van der Waals surface area contributed by atoms with Gasteiger partial charge in [-0.1, -0.05) is 30.9 Å². The molecule has 0 radical (unpaired) electrons. The van der Waals surface area contributed by atoms with E-state index < -0.39 is 0 Å². The average molecular weight is 371 g/mol. The Bertz CT molecular complexity index is 929. The number of aryl methyl sites for hydroxylation is 2. The number of nitrogens with one attached hydrogen (secondary N) is 2. The fourth-order valence-electron chi connectivity index (χ4n) is 3.52. The molecule has 3 aromatic rings. The molecule has 1 aromatic carbocycles. The lowest BCUT2D eigenvalue weighted by molar-refractivity contribution is 0.462. The van der Waals surface area contributed by atoms with Crippen LogP contribution in [0.1, 0.15) is 37.7 Å². The van der Waals surface area contributed by atoms with Crippen LogP contribution in [0.3, 0.4) is 0 Å². The van der Waals surface area contributed by atoms with Crippen molar-refractivity contribution in [2.24, 2.45) is 7.05 Å². The quantitative estimate of drug-likeness (QED) is 0.689. The van der Waals surface area contributed by atoms with Gasteiger partial charge < -0.3 is 10.6 Å². The number of fused-ring (bicyclic) bond motifs is 1. The van der Waals surface area contributed by atoms with Crippen molar-refractivity contribution in [3.05, 3.63) is 35.0 Å². The molecule has 0 spiro atoms. The summed E-state index contributed by atoms with van der Waals surface area (Å²) >= 11 is 6.06. The summed E-state index contributed by atoms with van der Waals surface area (Å²) in [5, 5.41) is 13.0. The monoisotopic (exact) mass is 370 g/mol. The van der Waals surface area contributed by atoms with Crippen LogP contribution in [0.5, 0.6) is 0 Å². The zero-order valence-electron chi connectivity index (χ0n) is 15.1. The average Bonchev–Trinajstić information content (AvgIpc) is 3.00. The first-order valence-electron chi connectivity index (χ1n) is 9.09. The molecule has 7 heteroatoms. The molecular weight excluding hydrogens is 348 g/mol. The lowest BCUT2D eigenvalue weighted by Gasteiger charge is -2.23. The standard InChI is InChI=1S/C19H23ClN6/c1-12-10-13(20)8-9-16(12)23-19-24-17(22-14-6-4-3-5-7-14)15-11-21-26(2)18(15)25-19/h8-11,14H,3-7H2,1-2H3,(H2,22,23,24,25). The first-order chi connectivity index (χ1) is 12.6. The summed E-state index contributed by atoms with van der Waals surface area (Å²) in [5.41, 5.74) is 2.81. The maximum absolute atomic E-state index is 6.06. The molecule has 6 nitrogen and oxygen atoms in total. The largest absolute Gasteiger partial charge is 0.367 e. The van der Waals surface area contributed by atoms with Crippen LogP contribution in [0.4, 0.5) is 17.5 Å². The second kappa shape index (κ2) is 7.11. The highest BCUT2D eigenvalue weighted by atomic mass is 35.5. The van der Waals surface area contributed by atoms with Crippen molar-refractivity contribution in [3.8, 4) is 0 Å². The minimum atomic E-state index is 0.465. The third kappa shape index (κ3) is 3.46. The van der Waals surface area contributed by atoms with Crippen molar-refractivity contribution in [1.29, 1.82) is 0 Å². The first-order valence-corrected chi connectivity index (χ1v) is 9.47. The van der Waals surface area contributed by atoms with Crippen molar-refractivity contribution < 1.29 is 0 Å². The van der Waals surface area contributed by atoms with E-state index in [0.717, 1.165) is 33.1 Å². The van der Waals surface area contributed by atoms with E-state index >= 15 is 0 Å². The van der Waals surface area contributed by atoms with Gasteiger partial charge in [0.15, 0.2) is 5.65 Å². The van der Waals surface area contributed by atoms with E-state index in [0.29, 0.717) is 12.0 Å². The van der Waals surface area contributed by atoms with Crippen molar-refractivity contribution >= 4 is 40.1 Å². The second-order valence-corrected chi connectivity index (χ2v) is 7.40. The Morgan fingerprint density at radius 3 is 2.73 bits per heavy atom. The lowest BCUT2D eigenvalue weighted by atomic mass is 9.95. The summed E-state index contributed by atoms with van der Waals surface area (Å²) in [6.07, 6.45) is 8.07. The summed E-state index contributed by atoms with van der Waals surface area (Å²) in [7, 11) is 1.90. The molecule has 1 saturated carbocycles. The summed E-state index contributed by atoms with van der Waals surface area (Å²) in [6, 6.07) is 6.20. The normalized spacial score (nSPS) is 15.3. The van der Waals surface area contributed by atoms with Crippen molar-refractivity contribution in [2.45, 2.75) is 45.1 Å². The van der Waals surface area contributed by atoms with Crippen LogP contribution in [0.2, 0.25) is 5.02 Å². The Balaban J connectivity index is 1.69. The zero-order chi connectivity index (χ0) is 18.1. The molecule has 1 aliphatic rings. The maximum atomic E-state index is 6.06. The van der Waals surface area contributed by atoms with Crippen LogP contribution in [0, 0.1) is 6.92 Å². The van der Waals surface area contributed by atoms with Crippen molar-refractivity contribution in [2.75, 3.05) is 10.6 Å². The van der Waals surface area contributed by atoms with E-state index in [1.165, 1.54) is 32.1 Å². The van der Waals surface area contributed by atoms with Crippen molar-refractivity contribution in [1.82, 2.24) is 19.7 Å². The van der Waals surface area contributed by atoms with Gasteiger partial charge in [-0.05, 0) is 43.5 Å². The SMILES string of the molecule is Cc1cc(Cl)ccc1Nc1nc(NC2CCCCC2)c2cnn(C)c2n1. The first kappa shape index (κ1) is 17.1. The molecule has 1 aliphatic carbocycles. The van der Waals surface area contributed by atoms with Gasteiger partial charge in [-0.2, -0.15) is 15.1 Å². The summed E-state index contributed by atoms with van der Waals surface area (Å²) in [5.74, 6) is 1.41. The van der Waals surface area contributed by atoms with Crippen molar-refractivity contribution in [3.63, 3.8) is 0 Å². The molecule has 2 aromatic heterocycles. The smallest absolute Gasteiger partial charge is 0.231 e. The lowest BCUT2D eigenvalue weighted by Crippen LogP contribution is -2.23. The van der Waals surface area contributed by atoms with E-state index in [1.54, 1.807) is 4.68 Å². The Morgan fingerprint density at radius 1 is 1.15 bits per heavy atom. The van der Waals surface area contributed by atoms with Gasteiger partial charge in [-0.3, -0.25) is 4.68 Å². The number of anilines is 3. The number of aromatic nitrogens is 4. The second-order valence-electron chi connectivity index (χ2n) is 6.96. The minimum absolute atomic E-state index is 0.465. The Labute approximate surface area is 158 Å². The molecule has 26 heavy (non-hydrogen) atoms. The summed E-state index contributed by atoms with van der Waals surface area (Å²) < 4.78 is 1.78. The third-order valence-corrected chi connectivity index (χ3v) is 5.21. The van der Waals surface area contributed by atoms with Gasteiger partial charge in [0.2, 0.25) is 5.95 Å². The molecule has 0 aliphatic heterocycles. The topological polar surface area (TPSA) is 67.7 Å². The minimum Gasteiger partial charge on any atom is -0.367 e. The molecule has 0 amide bonds. The van der Waals surface area contributed by atoms with Crippen LogP contribution >= 0.6 is 11.6 Å². The van der Waals surface area contributed by atoms with Crippen LogP contribution in [-0.2, 0) is 7.05 Å². The fourth-order valence-corrected chi connectivity index (χ4v) is 3.74. The van der Waals surface area contributed by atoms with Gasteiger partial charge in [0.1, 0.15) is 5.82 Å². The number of rotatable bonds is 4. The van der Waals surface area contributed by atoms with E-state index in [4.69, 9.17) is 16.6 Å². The molecule has 0 bridgehead atoms. The Hall–Kier alpha value is -2.34. The number of halogens is 1. The van der Waals surface area contributed by atoms with Crippen LogP contribution in [-0.4, -0.2) is 25.8 Å². The predicted octanol–water partition coefficient (Wildman–Crippen LogP) is 4.81. The highest BCUT2D eigenvalue weighted by Gasteiger charge is 2.18. The van der Waals surface area contributed by atoms with Crippen LogP contribution in [0.15, 0.2) is 24.4 Å². The molecule has 1 fully saturated rings. The fraction of sp³-hybridized carbons (Fsp3) is 0.421. The zero-order valence-corrected chi connectivity index (χ0v) is 15.8. The van der Waals surface area contributed by atoms with Crippen LogP contribution in [0.25, 0.3) is 11.0 Å². The van der Waals surface area contributed by atoms with E-state index in [1.807, 2.05) is 38.4 Å². The molecule has 136 valence electrons. The molecule has 0 saturated heterocycles. The molecule has 0 atom stereocenters. The summed E-state index contributed by atoms with van der Waals surface area (Å²) in [6.45, 7) is 2.01. The van der Waals surface area contributed by atoms with Gasteiger partial charge in [0.25, 0.3) is 0 Å². The Kier molecular flexibility index (Phi) is 4.68. The van der Waals surface area contributed by atoms with Gasteiger partial charge in [0, 0.05) is 23.8 Å². The van der Waals surface area contributed by atoms with E-state index in [2.05, 4.69) is 20.7 Å².